The van der Waals surface area contributed by atoms with E-state index in [1.165, 1.54) is 20.4 Å². The van der Waals surface area contributed by atoms with E-state index >= 15 is 0 Å². The lowest BCUT2D eigenvalue weighted by Gasteiger charge is -2.30. The van der Waals surface area contributed by atoms with Crippen LogP contribution < -0.4 is 20.1 Å². The van der Waals surface area contributed by atoms with Crippen molar-refractivity contribution in [1.29, 1.82) is 0 Å². The summed E-state index contributed by atoms with van der Waals surface area (Å²) in [6.45, 7) is 3.25. The molecule has 1 atom stereocenters. The van der Waals surface area contributed by atoms with Crippen LogP contribution in [0.4, 0.5) is 5.69 Å². The number of rotatable bonds is 4. The molecule has 0 saturated carbocycles. The summed E-state index contributed by atoms with van der Waals surface area (Å²) < 4.78 is 12.2. The first kappa shape index (κ1) is 22.0. The van der Waals surface area contributed by atoms with Crippen molar-refractivity contribution in [3.8, 4) is 11.6 Å². The van der Waals surface area contributed by atoms with Crippen molar-refractivity contribution in [3.05, 3.63) is 29.7 Å². The first-order chi connectivity index (χ1) is 11.6. The van der Waals surface area contributed by atoms with Crippen LogP contribution in [0.1, 0.15) is 35.4 Å². The SMILES string of the molecule is CCn1ncc2c1C(N)CCN2C(=O)c1cnc(OC)c(OC)c1.Cl.Cl. The summed E-state index contributed by atoms with van der Waals surface area (Å²) in [4.78, 5) is 18.8. The fraction of sp³-hybridized carbons (Fsp3) is 0.438. The molecule has 1 aliphatic rings. The van der Waals surface area contributed by atoms with E-state index in [-0.39, 0.29) is 36.8 Å². The molecule has 0 saturated heterocycles. The zero-order valence-corrected chi connectivity index (χ0v) is 16.5. The minimum absolute atomic E-state index is 0. The Labute approximate surface area is 164 Å². The Kier molecular flexibility index (Phi) is 7.68. The first-order valence-corrected chi connectivity index (χ1v) is 7.81. The lowest BCUT2D eigenvalue weighted by Crippen LogP contribution is -2.38. The average Bonchev–Trinajstić information content (AvgIpc) is 3.06. The Balaban J connectivity index is 0.00000169. The molecule has 10 heteroatoms. The third-order valence-corrected chi connectivity index (χ3v) is 4.19. The Morgan fingerprint density at radius 1 is 1.31 bits per heavy atom. The molecule has 3 heterocycles. The zero-order valence-electron chi connectivity index (χ0n) is 14.8. The summed E-state index contributed by atoms with van der Waals surface area (Å²) >= 11 is 0. The Bertz CT molecular complexity index is 768. The molecule has 8 nitrogen and oxygen atoms in total. The highest BCUT2D eigenvalue weighted by atomic mass is 35.5. The largest absolute Gasteiger partial charge is 0.491 e. The smallest absolute Gasteiger partial charge is 0.260 e. The number of aromatic nitrogens is 3. The number of carbonyl (C=O) groups is 1. The van der Waals surface area contributed by atoms with E-state index in [1.807, 2.05) is 11.6 Å². The monoisotopic (exact) mass is 403 g/mol. The summed E-state index contributed by atoms with van der Waals surface area (Å²) in [5.41, 5.74) is 8.29. The van der Waals surface area contributed by atoms with Gasteiger partial charge in [-0.25, -0.2) is 4.98 Å². The molecule has 0 aromatic carbocycles. The average molecular weight is 404 g/mol. The molecule has 144 valence electrons. The van der Waals surface area contributed by atoms with E-state index in [2.05, 4.69) is 10.1 Å². The van der Waals surface area contributed by atoms with Gasteiger partial charge < -0.3 is 20.1 Å². The van der Waals surface area contributed by atoms with Gasteiger partial charge in [-0.1, -0.05) is 0 Å². The maximum atomic E-state index is 12.9. The van der Waals surface area contributed by atoms with E-state index in [9.17, 15) is 4.79 Å². The molecular formula is C16H23Cl2N5O3. The van der Waals surface area contributed by atoms with Crippen LogP contribution in [0.15, 0.2) is 18.5 Å². The van der Waals surface area contributed by atoms with Crippen LogP contribution in [0.25, 0.3) is 0 Å². The van der Waals surface area contributed by atoms with Crippen LogP contribution >= 0.6 is 24.8 Å². The van der Waals surface area contributed by atoms with Crippen LogP contribution in [-0.2, 0) is 6.54 Å². The van der Waals surface area contributed by atoms with Crippen molar-refractivity contribution < 1.29 is 14.3 Å². The summed E-state index contributed by atoms with van der Waals surface area (Å²) in [7, 11) is 3.01. The first-order valence-electron chi connectivity index (χ1n) is 7.81. The van der Waals surface area contributed by atoms with Gasteiger partial charge in [0.05, 0.1) is 43.4 Å². The van der Waals surface area contributed by atoms with Gasteiger partial charge in [0.25, 0.3) is 11.8 Å². The van der Waals surface area contributed by atoms with Gasteiger partial charge in [-0.3, -0.25) is 9.48 Å². The van der Waals surface area contributed by atoms with E-state index in [4.69, 9.17) is 15.2 Å². The second-order valence-electron chi connectivity index (χ2n) is 5.52. The number of nitrogens with zero attached hydrogens (tertiary/aromatic N) is 4. The number of methoxy groups -OCH3 is 2. The fourth-order valence-corrected chi connectivity index (χ4v) is 2.97. The van der Waals surface area contributed by atoms with Crippen molar-refractivity contribution >= 4 is 36.4 Å². The summed E-state index contributed by atoms with van der Waals surface area (Å²) in [5, 5.41) is 4.34. The standard InChI is InChI=1S/C16H21N5O3.2ClH/c1-4-21-14-11(17)5-6-20(12(14)9-19-21)16(22)10-7-13(23-2)15(24-3)18-8-10;;/h7-9,11H,4-6,17H2,1-3H3;2*1H. The van der Waals surface area contributed by atoms with Gasteiger partial charge in [0.15, 0.2) is 5.75 Å². The summed E-state index contributed by atoms with van der Waals surface area (Å²) in [5.74, 6) is 0.600. The van der Waals surface area contributed by atoms with E-state index in [1.54, 1.807) is 17.2 Å². The Morgan fingerprint density at radius 3 is 2.65 bits per heavy atom. The van der Waals surface area contributed by atoms with Gasteiger partial charge in [-0.15, -0.1) is 24.8 Å². The van der Waals surface area contributed by atoms with Crippen molar-refractivity contribution in [2.24, 2.45) is 5.73 Å². The van der Waals surface area contributed by atoms with Gasteiger partial charge in [-0.2, -0.15) is 5.10 Å². The van der Waals surface area contributed by atoms with Crippen molar-refractivity contribution in [1.82, 2.24) is 14.8 Å². The maximum Gasteiger partial charge on any atom is 0.260 e. The van der Waals surface area contributed by atoms with Crippen LogP contribution in [0.5, 0.6) is 11.6 Å². The summed E-state index contributed by atoms with van der Waals surface area (Å²) in [6, 6.07) is 1.52. The molecule has 0 radical (unpaired) electrons. The minimum Gasteiger partial charge on any atom is -0.491 e. The van der Waals surface area contributed by atoms with E-state index < -0.39 is 0 Å². The van der Waals surface area contributed by atoms with Crippen LogP contribution in [0.2, 0.25) is 0 Å². The second-order valence-corrected chi connectivity index (χ2v) is 5.52. The number of amides is 1. The quantitative estimate of drug-likeness (QED) is 0.840. The highest BCUT2D eigenvalue weighted by molar-refractivity contribution is 6.06. The van der Waals surface area contributed by atoms with Crippen LogP contribution in [0, 0.1) is 0 Å². The summed E-state index contributed by atoms with van der Waals surface area (Å²) in [6.07, 6.45) is 3.87. The molecule has 0 fully saturated rings. The third-order valence-electron chi connectivity index (χ3n) is 4.19. The molecule has 3 rings (SSSR count). The zero-order chi connectivity index (χ0) is 17.3. The maximum absolute atomic E-state index is 12.9. The molecule has 1 unspecified atom stereocenters. The predicted molar refractivity (Wildman–Crippen MR) is 103 cm³/mol. The fourth-order valence-electron chi connectivity index (χ4n) is 2.97. The lowest BCUT2D eigenvalue weighted by molar-refractivity contribution is 0.0983. The van der Waals surface area contributed by atoms with Gasteiger partial charge in [0.2, 0.25) is 0 Å². The topological polar surface area (TPSA) is 95.5 Å². The number of anilines is 1. The highest BCUT2D eigenvalue weighted by Crippen LogP contribution is 2.34. The van der Waals surface area contributed by atoms with Gasteiger partial charge in [0, 0.05) is 25.4 Å². The van der Waals surface area contributed by atoms with Gasteiger partial charge >= 0.3 is 0 Å². The van der Waals surface area contributed by atoms with Crippen molar-refractivity contribution in [2.45, 2.75) is 25.9 Å². The predicted octanol–water partition coefficient (Wildman–Crippen LogP) is 2.21. The molecule has 0 spiro atoms. The lowest BCUT2D eigenvalue weighted by atomic mass is 10.0. The van der Waals surface area contributed by atoms with Gasteiger partial charge in [-0.05, 0) is 13.3 Å². The number of carbonyl (C=O) groups excluding carboxylic acids is 1. The molecular weight excluding hydrogens is 381 g/mol. The normalized spacial score (nSPS) is 15.4. The number of fused-ring (bicyclic) bond motifs is 1. The number of nitrogens with two attached hydrogens (primary N) is 1. The number of pyridine rings is 1. The second kappa shape index (κ2) is 9.07. The molecule has 0 bridgehead atoms. The molecule has 1 amide bonds. The van der Waals surface area contributed by atoms with Crippen molar-refractivity contribution in [3.63, 3.8) is 0 Å². The number of halogens is 2. The molecule has 0 aliphatic carbocycles. The Hall–Kier alpha value is -2.03. The van der Waals surface area contributed by atoms with Crippen molar-refractivity contribution in [2.75, 3.05) is 25.7 Å². The Morgan fingerprint density at radius 2 is 2.04 bits per heavy atom. The van der Waals surface area contributed by atoms with Gasteiger partial charge in [0.1, 0.15) is 0 Å². The third kappa shape index (κ3) is 3.72. The highest BCUT2D eigenvalue weighted by Gasteiger charge is 2.31. The molecule has 2 aromatic heterocycles. The minimum atomic E-state index is -0.160. The van der Waals surface area contributed by atoms with Crippen LogP contribution in [-0.4, -0.2) is 41.4 Å². The van der Waals surface area contributed by atoms with E-state index in [0.717, 1.165) is 11.4 Å². The number of aryl methyl sites for hydroxylation is 1. The molecule has 1 aliphatic heterocycles. The molecule has 26 heavy (non-hydrogen) atoms. The van der Waals surface area contributed by atoms with E-state index in [0.29, 0.717) is 36.7 Å². The van der Waals surface area contributed by atoms with Crippen LogP contribution in [0.3, 0.4) is 0 Å². The number of ether oxygens (including phenoxy) is 2. The molecule has 2 N–H and O–H groups in total. The number of hydrogen-bond donors (Lipinski definition) is 1. The molecule has 2 aromatic rings. The number of hydrogen-bond acceptors (Lipinski definition) is 6.